The summed E-state index contributed by atoms with van der Waals surface area (Å²) in [6.07, 6.45) is 3.58. The van der Waals surface area contributed by atoms with Gasteiger partial charge in [-0.3, -0.25) is 0 Å². The molecule has 1 fully saturated rings. The van der Waals surface area contributed by atoms with Gasteiger partial charge in [-0.2, -0.15) is 0 Å². The molecule has 3 heteroatoms. The minimum atomic E-state index is -0.469. The van der Waals surface area contributed by atoms with Crippen molar-refractivity contribution in [1.29, 1.82) is 0 Å². The lowest BCUT2D eigenvalue weighted by Crippen LogP contribution is -2.46. The second kappa shape index (κ2) is 6.36. The lowest BCUT2D eigenvalue weighted by molar-refractivity contribution is -0.0564. The van der Waals surface area contributed by atoms with Crippen molar-refractivity contribution in [3.05, 3.63) is 0 Å². The molecule has 0 saturated carbocycles. The molecule has 0 amide bonds. The van der Waals surface area contributed by atoms with Gasteiger partial charge in [-0.15, -0.1) is 0 Å². The van der Waals surface area contributed by atoms with Gasteiger partial charge >= 0.3 is 0 Å². The number of rotatable bonds is 6. The summed E-state index contributed by atoms with van der Waals surface area (Å²) in [5.41, 5.74) is -0.589. The van der Waals surface area contributed by atoms with E-state index in [2.05, 4.69) is 32.6 Å². The first-order chi connectivity index (χ1) is 8.26. The molecule has 0 aromatic rings. The van der Waals surface area contributed by atoms with Crippen LogP contribution in [0.15, 0.2) is 0 Å². The number of hydrogen-bond acceptors (Lipinski definition) is 3. The molecule has 0 unspecified atom stereocenters. The van der Waals surface area contributed by atoms with Crippen molar-refractivity contribution < 1.29 is 9.84 Å². The molecule has 1 aliphatic heterocycles. The summed E-state index contributed by atoms with van der Waals surface area (Å²) in [5, 5.41) is 10.6. The van der Waals surface area contributed by atoms with Gasteiger partial charge in [-0.25, -0.2) is 0 Å². The van der Waals surface area contributed by atoms with Crippen LogP contribution >= 0.6 is 0 Å². The van der Waals surface area contributed by atoms with Crippen molar-refractivity contribution in [2.24, 2.45) is 5.92 Å². The van der Waals surface area contributed by atoms with Crippen LogP contribution in [0.25, 0.3) is 0 Å². The van der Waals surface area contributed by atoms with E-state index in [1.165, 1.54) is 0 Å². The summed E-state index contributed by atoms with van der Waals surface area (Å²) in [4.78, 5) is 2.47. The highest BCUT2D eigenvalue weighted by atomic mass is 16.5. The van der Waals surface area contributed by atoms with Crippen LogP contribution in [-0.4, -0.2) is 48.0 Å². The van der Waals surface area contributed by atoms with Gasteiger partial charge in [-0.05, 0) is 45.4 Å². The van der Waals surface area contributed by atoms with Crippen molar-refractivity contribution in [3.63, 3.8) is 0 Å². The molecule has 1 saturated heterocycles. The van der Waals surface area contributed by atoms with Crippen LogP contribution in [0.1, 0.15) is 53.4 Å². The highest BCUT2D eigenvalue weighted by molar-refractivity contribution is 4.88. The van der Waals surface area contributed by atoms with Crippen LogP contribution < -0.4 is 0 Å². The van der Waals surface area contributed by atoms with E-state index in [4.69, 9.17) is 4.74 Å². The number of ether oxygens (including phenoxy) is 1. The first-order valence-corrected chi connectivity index (χ1v) is 7.26. The smallest absolute Gasteiger partial charge is 0.0673 e. The lowest BCUT2D eigenvalue weighted by Gasteiger charge is -2.40. The second-order valence-corrected chi connectivity index (χ2v) is 6.88. The third-order valence-electron chi connectivity index (χ3n) is 4.16. The van der Waals surface area contributed by atoms with E-state index in [1.54, 1.807) is 7.11 Å². The van der Waals surface area contributed by atoms with E-state index >= 15 is 0 Å². The summed E-state index contributed by atoms with van der Waals surface area (Å²) in [5.74, 6) is 0.712. The Kier molecular flexibility index (Phi) is 5.63. The van der Waals surface area contributed by atoms with Crippen molar-refractivity contribution in [3.8, 4) is 0 Å². The van der Waals surface area contributed by atoms with Gasteiger partial charge in [-0.1, -0.05) is 13.8 Å². The zero-order valence-electron chi connectivity index (χ0n) is 12.8. The van der Waals surface area contributed by atoms with E-state index in [1.807, 2.05) is 0 Å². The molecule has 18 heavy (non-hydrogen) atoms. The van der Waals surface area contributed by atoms with E-state index in [0.717, 1.165) is 45.3 Å². The Hall–Kier alpha value is -0.120. The molecule has 0 radical (unpaired) electrons. The third-order valence-corrected chi connectivity index (χ3v) is 4.16. The Morgan fingerprint density at radius 2 is 1.83 bits per heavy atom. The Bertz CT molecular complexity index is 243. The molecular formula is C15H31NO2. The molecule has 3 nitrogen and oxygen atoms in total. The number of likely N-dealkylation sites (tertiary alicyclic amines) is 1. The van der Waals surface area contributed by atoms with Crippen LogP contribution in [0, 0.1) is 5.92 Å². The van der Waals surface area contributed by atoms with Crippen LogP contribution in [-0.2, 0) is 4.74 Å². The molecule has 1 N–H and O–H groups in total. The van der Waals surface area contributed by atoms with Crippen LogP contribution in [0.5, 0.6) is 0 Å². The predicted octanol–water partition coefficient (Wildman–Crippen LogP) is 2.67. The first-order valence-electron chi connectivity index (χ1n) is 7.26. The van der Waals surface area contributed by atoms with Crippen LogP contribution in [0.3, 0.4) is 0 Å². The number of methoxy groups -OCH3 is 1. The number of hydrogen-bond donors (Lipinski definition) is 1. The maximum absolute atomic E-state index is 10.6. The molecule has 0 spiro atoms. The maximum atomic E-state index is 10.6. The Morgan fingerprint density at radius 3 is 2.28 bits per heavy atom. The first kappa shape index (κ1) is 15.9. The van der Waals surface area contributed by atoms with E-state index in [-0.39, 0.29) is 5.60 Å². The molecule has 0 aromatic carbocycles. The molecule has 0 bridgehead atoms. The Labute approximate surface area is 113 Å². The SMILES string of the molecule is COC(C)(C)CCC1(O)CCN(CC(C)C)CC1. The minimum Gasteiger partial charge on any atom is -0.390 e. The Morgan fingerprint density at radius 1 is 1.28 bits per heavy atom. The average Bonchev–Trinajstić information content (AvgIpc) is 2.30. The highest BCUT2D eigenvalue weighted by Gasteiger charge is 2.33. The second-order valence-electron chi connectivity index (χ2n) is 6.88. The van der Waals surface area contributed by atoms with Crippen molar-refractivity contribution in [2.75, 3.05) is 26.7 Å². The van der Waals surface area contributed by atoms with Crippen molar-refractivity contribution in [1.82, 2.24) is 4.90 Å². The summed E-state index contributed by atoms with van der Waals surface area (Å²) < 4.78 is 5.43. The molecule has 1 heterocycles. The Balaban J connectivity index is 2.35. The van der Waals surface area contributed by atoms with Crippen LogP contribution in [0.4, 0.5) is 0 Å². The summed E-state index contributed by atoms with van der Waals surface area (Å²) in [6, 6.07) is 0. The fourth-order valence-corrected chi connectivity index (χ4v) is 2.55. The third kappa shape index (κ3) is 5.25. The lowest BCUT2D eigenvalue weighted by atomic mass is 9.84. The average molecular weight is 257 g/mol. The standard InChI is InChI=1S/C15H31NO2/c1-13(2)12-16-10-8-15(17,9-11-16)7-6-14(3,4)18-5/h13,17H,6-12H2,1-5H3. The molecule has 1 aliphatic rings. The number of nitrogens with zero attached hydrogens (tertiary/aromatic N) is 1. The number of piperidine rings is 1. The van der Waals surface area contributed by atoms with Crippen LogP contribution in [0.2, 0.25) is 0 Å². The van der Waals surface area contributed by atoms with Crippen molar-refractivity contribution in [2.45, 2.75) is 64.6 Å². The predicted molar refractivity (Wildman–Crippen MR) is 75.8 cm³/mol. The summed E-state index contributed by atoms with van der Waals surface area (Å²) >= 11 is 0. The zero-order chi connectivity index (χ0) is 13.8. The fraction of sp³-hybridized carbons (Fsp3) is 1.00. The van der Waals surface area contributed by atoms with Gasteiger partial charge in [0.25, 0.3) is 0 Å². The van der Waals surface area contributed by atoms with Gasteiger partial charge in [0.05, 0.1) is 11.2 Å². The fourth-order valence-electron chi connectivity index (χ4n) is 2.55. The number of aliphatic hydroxyl groups is 1. The largest absolute Gasteiger partial charge is 0.390 e. The molecular weight excluding hydrogens is 226 g/mol. The van der Waals surface area contributed by atoms with Gasteiger partial charge in [0.1, 0.15) is 0 Å². The zero-order valence-corrected chi connectivity index (χ0v) is 12.8. The summed E-state index contributed by atoms with van der Waals surface area (Å²) in [6.45, 7) is 11.9. The topological polar surface area (TPSA) is 32.7 Å². The molecule has 0 aliphatic carbocycles. The van der Waals surface area contributed by atoms with Crippen molar-refractivity contribution >= 4 is 0 Å². The molecule has 108 valence electrons. The minimum absolute atomic E-state index is 0.120. The molecule has 0 atom stereocenters. The quantitative estimate of drug-likeness (QED) is 0.794. The molecule has 1 rings (SSSR count). The molecule has 0 aromatic heterocycles. The van der Waals surface area contributed by atoms with Gasteiger partial charge in [0.15, 0.2) is 0 Å². The maximum Gasteiger partial charge on any atom is 0.0673 e. The summed E-state index contributed by atoms with van der Waals surface area (Å²) in [7, 11) is 1.75. The highest BCUT2D eigenvalue weighted by Crippen LogP contribution is 2.30. The van der Waals surface area contributed by atoms with Gasteiger partial charge < -0.3 is 14.7 Å². The van der Waals surface area contributed by atoms with E-state index in [0.29, 0.717) is 5.92 Å². The van der Waals surface area contributed by atoms with Gasteiger partial charge in [0, 0.05) is 26.7 Å². The van der Waals surface area contributed by atoms with E-state index < -0.39 is 5.60 Å². The van der Waals surface area contributed by atoms with E-state index in [9.17, 15) is 5.11 Å². The van der Waals surface area contributed by atoms with Gasteiger partial charge in [0.2, 0.25) is 0 Å². The normalized spacial score (nSPS) is 21.5. The monoisotopic (exact) mass is 257 g/mol.